The first-order chi connectivity index (χ1) is 7.47. The van der Waals surface area contributed by atoms with Gasteiger partial charge < -0.3 is 0 Å². The summed E-state index contributed by atoms with van der Waals surface area (Å²) in [7, 11) is -3.71. The zero-order valence-electron chi connectivity index (χ0n) is 8.53. The first-order valence-corrected chi connectivity index (χ1v) is 6.02. The van der Waals surface area contributed by atoms with Crippen molar-refractivity contribution in [2.45, 2.75) is 11.8 Å². The Bertz CT molecular complexity index is 618. The number of hydrogen-bond acceptors (Lipinski definition) is 4. The van der Waals surface area contributed by atoms with Crippen molar-refractivity contribution in [2.24, 2.45) is 5.14 Å². The van der Waals surface area contributed by atoms with Crippen LogP contribution in [-0.4, -0.2) is 23.2 Å². The first kappa shape index (κ1) is 10.8. The number of nitrogens with two attached hydrogens (primary N) is 1. The molecule has 2 N–H and O–H groups in total. The molecule has 16 heavy (non-hydrogen) atoms. The fourth-order valence-corrected chi connectivity index (χ4v) is 1.66. The molecule has 0 radical (unpaired) electrons. The molecule has 84 valence electrons. The van der Waals surface area contributed by atoms with Gasteiger partial charge in [0.15, 0.2) is 5.82 Å². The quantitative estimate of drug-likeness (QED) is 0.810. The molecule has 0 aromatic carbocycles. The maximum absolute atomic E-state index is 11.0. The molecule has 0 atom stereocenters. The summed E-state index contributed by atoms with van der Waals surface area (Å²) in [6, 6.07) is 3.63. The standard InChI is InChI=1S/C9H10N4O2S/c1-7-2-3-11-9(4-7)13-6-8(5-12-13)16(10,14)15/h2-6H,1H3,(H2,10,14,15). The minimum Gasteiger partial charge on any atom is -0.237 e. The SMILES string of the molecule is Cc1ccnc(-n2cc(S(N)(=O)=O)cn2)c1. The van der Waals surface area contributed by atoms with Crippen LogP contribution in [0.1, 0.15) is 5.56 Å². The molecule has 2 heterocycles. The van der Waals surface area contributed by atoms with E-state index in [0.29, 0.717) is 5.82 Å². The lowest BCUT2D eigenvalue weighted by molar-refractivity contribution is 0.598. The molecule has 0 bridgehead atoms. The molecule has 2 rings (SSSR count). The van der Waals surface area contributed by atoms with Crippen molar-refractivity contribution in [1.29, 1.82) is 0 Å². The number of aryl methyl sites for hydroxylation is 1. The van der Waals surface area contributed by atoms with E-state index in [9.17, 15) is 8.42 Å². The van der Waals surface area contributed by atoms with Gasteiger partial charge in [0, 0.05) is 6.20 Å². The van der Waals surface area contributed by atoms with Crippen LogP contribution >= 0.6 is 0 Å². The topological polar surface area (TPSA) is 90.9 Å². The van der Waals surface area contributed by atoms with Gasteiger partial charge in [-0.15, -0.1) is 0 Å². The highest BCUT2D eigenvalue weighted by Gasteiger charge is 2.11. The first-order valence-electron chi connectivity index (χ1n) is 4.47. The molecule has 6 nitrogen and oxygen atoms in total. The zero-order valence-corrected chi connectivity index (χ0v) is 9.35. The van der Waals surface area contributed by atoms with Crippen LogP contribution in [0.4, 0.5) is 0 Å². The van der Waals surface area contributed by atoms with Crippen LogP contribution in [0.2, 0.25) is 0 Å². The summed E-state index contributed by atoms with van der Waals surface area (Å²) in [6.45, 7) is 1.91. The van der Waals surface area contributed by atoms with Crippen LogP contribution in [0.15, 0.2) is 35.6 Å². The van der Waals surface area contributed by atoms with Gasteiger partial charge >= 0.3 is 0 Å². The highest BCUT2D eigenvalue weighted by atomic mass is 32.2. The van der Waals surface area contributed by atoms with Crippen molar-refractivity contribution in [2.75, 3.05) is 0 Å². The normalized spacial score (nSPS) is 11.6. The Hall–Kier alpha value is -1.73. The van der Waals surface area contributed by atoms with Crippen LogP contribution in [0.25, 0.3) is 5.82 Å². The largest absolute Gasteiger partial charge is 0.241 e. The van der Waals surface area contributed by atoms with Gasteiger partial charge in [-0.25, -0.2) is 23.2 Å². The maximum atomic E-state index is 11.0. The summed E-state index contributed by atoms with van der Waals surface area (Å²) in [5.74, 6) is 0.551. The van der Waals surface area contributed by atoms with Crippen LogP contribution < -0.4 is 5.14 Å². The Balaban J connectivity index is 2.47. The molecule has 2 aromatic rings. The average Bonchev–Trinajstić information content (AvgIpc) is 2.65. The fourth-order valence-electron chi connectivity index (χ4n) is 1.22. The lowest BCUT2D eigenvalue weighted by Crippen LogP contribution is -2.11. The van der Waals surface area contributed by atoms with E-state index in [2.05, 4.69) is 10.1 Å². The van der Waals surface area contributed by atoms with Gasteiger partial charge in [-0.1, -0.05) is 0 Å². The number of pyridine rings is 1. The second-order valence-corrected chi connectivity index (χ2v) is 4.92. The molecule has 0 aliphatic rings. The second-order valence-electron chi connectivity index (χ2n) is 3.36. The van der Waals surface area contributed by atoms with Gasteiger partial charge in [0.2, 0.25) is 10.0 Å². The van der Waals surface area contributed by atoms with E-state index in [1.807, 2.05) is 13.0 Å². The third-order valence-electron chi connectivity index (χ3n) is 2.02. The molecule has 0 fully saturated rings. The highest BCUT2D eigenvalue weighted by Crippen LogP contribution is 2.09. The molecule has 0 saturated heterocycles. The van der Waals surface area contributed by atoms with E-state index >= 15 is 0 Å². The molecule has 0 aliphatic heterocycles. The predicted molar refractivity (Wildman–Crippen MR) is 57.5 cm³/mol. The fraction of sp³-hybridized carbons (Fsp3) is 0.111. The van der Waals surface area contributed by atoms with E-state index in [1.165, 1.54) is 17.1 Å². The Kier molecular flexibility index (Phi) is 2.49. The summed E-state index contributed by atoms with van der Waals surface area (Å²) in [5, 5.41) is 8.87. The van der Waals surface area contributed by atoms with Gasteiger partial charge in [-0.3, -0.25) is 0 Å². The van der Waals surface area contributed by atoms with Crippen molar-refractivity contribution in [3.8, 4) is 5.82 Å². The number of nitrogens with zero attached hydrogens (tertiary/aromatic N) is 3. The maximum Gasteiger partial charge on any atom is 0.241 e. The average molecular weight is 238 g/mol. The Morgan fingerprint density at radius 3 is 2.75 bits per heavy atom. The van der Waals surface area contributed by atoms with Gasteiger partial charge in [-0.2, -0.15) is 5.10 Å². The zero-order chi connectivity index (χ0) is 11.8. The molecule has 0 saturated carbocycles. The summed E-state index contributed by atoms with van der Waals surface area (Å²) in [6.07, 6.45) is 4.15. The minimum atomic E-state index is -3.71. The van der Waals surface area contributed by atoms with E-state index in [0.717, 1.165) is 5.56 Å². The molecule has 2 aromatic heterocycles. The number of aromatic nitrogens is 3. The summed E-state index contributed by atoms with van der Waals surface area (Å²) in [4.78, 5) is 4.04. The molecule has 7 heteroatoms. The molecule has 0 unspecified atom stereocenters. The van der Waals surface area contributed by atoms with Crippen molar-refractivity contribution in [3.63, 3.8) is 0 Å². The van der Waals surface area contributed by atoms with Crippen molar-refractivity contribution >= 4 is 10.0 Å². The number of rotatable bonds is 2. The van der Waals surface area contributed by atoms with Crippen molar-refractivity contribution in [3.05, 3.63) is 36.3 Å². The Morgan fingerprint density at radius 2 is 2.19 bits per heavy atom. The Morgan fingerprint density at radius 1 is 1.44 bits per heavy atom. The van der Waals surface area contributed by atoms with E-state index in [-0.39, 0.29) is 4.90 Å². The van der Waals surface area contributed by atoms with Gasteiger partial charge in [0.25, 0.3) is 0 Å². The van der Waals surface area contributed by atoms with Gasteiger partial charge in [0.05, 0.1) is 12.4 Å². The smallest absolute Gasteiger partial charge is 0.237 e. The highest BCUT2D eigenvalue weighted by molar-refractivity contribution is 7.89. The van der Waals surface area contributed by atoms with E-state index < -0.39 is 10.0 Å². The molecule has 0 amide bonds. The third kappa shape index (κ3) is 2.10. The third-order valence-corrected chi connectivity index (χ3v) is 2.89. The molecule has 0 spiro atoms. The van der Waals surface area contributed by atoms with Crippen LogP contribution in [0.3, 0.4) is 0 Å². The van der Waals surface area contributed by atoms with Crippen LogP contribution in [0.5, 0.6) is 0 Å². The van der Waals surface area contributed by atoms with Crippen LogP contribution in [0, 0.1) is 6.92 Å². The lowest BCUT2D eigenvalue weighted by Gasteiger charge is -1.99. The Labute approximate surface area is 92.8 Å². The predicted octanol–water partition coefficient (Wildman–Crippen LogP) is 0.223. The number of primary sulfonamides is 1. The minimum absolute atomic E-state index is 0.0317. The second kappa shape index (κ2) is 3.69. The number of hydrogen-bond donors (Lipinski definition) is 1. The van der Waals surface area contributed by atoms with Crippen LogP contribution in [-0.2, 0) is 10.0 Å². The monoisotopic (exact) mass is 238 g/mol. The summed E-state index contributed by atoms with van der Waals surface area (Å²) in [5.41, 5.74) is 1.01. The number of sulfonamides is 1. The molecule has 0 aliphatic carbocycles. The lowest BCUT2D eigenvalue weighted by atomic mass is 10.3. The van der Waals surface area contributed by atoms with E-state index in [1.54, 1.807) is 12.3 Å². The van der Waals surface area contributed by atoms with E-state index in [4.69, 9.17) is 5.14 Å². The molecular weight excluding hydrogens is 228 g/mol. The van der Waals surface area contributed by atoms with Crippen molar-refractivity contribution < 1.29 is 8.42 Å². The molecular formula is C9H10N4O2S. The van der Waals surface area contributed by atoms with Crippen molar-refractivity contribution in [1.82, 2.24) is 14.8 Å². The summed E-state index contributed by atoms with van der Waals surface area (Å²) < 4.78 is 23.5. The van der Waals surface area contributed by atoms with Gasteiger partial charge in [-0.05, 0) is 24.6 Å². The van der Waals surface area contributed by atoms with Gasteiger partial charge in [0.1, 0.15) is 4.90 Å². The summed E-state index contributed by atoms with van der Waals surface area (Å²) >= 11 is 0.